The summed E-state index contributed by atoms with van der Waals surface area (Å²) in [5.41, 5.74) is 2.72. The summed E-state index contributed by atoms with van der Waals surface area (Å²) < 4.78 is 14.1. The number of benzene rings is 2. The van der Waals surface area contributed by atoms with Gasteiger partial charge in [0.15, 0.2) is 0 Å². The predicted octanol–water partition coefficient (Wildman–Crippen LogP) is 4.04. The van der Waals surface area contributed by atoms with Crippen molar-refractivity contribution < 1.29 is 9.50 Å². The van der Waals surface area contributed by atoms with Gasteiger partial charge in [-0.25, -0.2) is 4.39 Å². The third-order valence-corrected chi connectivity index (χ3v) is 3.57. The van der Waals surface area contributed by atoms with Gasteiger partial charge in [0.2, 0.25) is 0 Å². The van der Waals surface area contributed by atoms with Crippen molar-refractivity contribution >= 4 is 21.6 Å². The third kappa shape index (κ3) is 3.55. The molecule has 0 radical (unpaired) electrons. The molecule has 0 saturated heterocycles. The summed E-state index contributed by atoms with van der Waals surface area (Å²) in [5.74, 6) is -0.301. The van der Waals surface area contributed by atoms with Crippen LogP contribution in [0.1, 0.15) is 17.2 Å². The fourth-order valence-corrected chi connectivity index (χ4v) is 2.69. The van der Waals surface area contributed by atoms with E-state index in [0.717, 1.165) is 15.6 Å². The fourth-order valence-electron chi connectivity index (χ4n) is 1.92. The second-order valence-corrected chi connectivity index (χ2v) is 5.27. The van der Waals surface area contributed by atoms with Crippen molar-refractivity contribution in [2.45, 2.75) is 13.0 Å². The number of rotatable bonds is 4. The SMILES string of the molecule is Cc1ccc(C(CO)Nc2cccc(F)c2)c(Br)c1. The molecule has 0 aliphatic rings. The standard InChI is InChI=1S/C15H15BrFNO/c1-10-5-6-13(14(16)7-10)15(9-19)18-12-4-2-3-11(17)8-12/h2-8,15,18-19H,9H2,1H3. The minimum absolute atomic E-state index is 0.0713. The molecule has 2 rings (SSSR count). The molecule has 0 spiro atoms. The number of aryl methyl sites for hydroxylation is 1. The molecule has 2 aromatic rings. The quantitative estimate of drug-likeness (QED) is 0.889. The average Bonchev–Trinajstić information content (AvgIpc) is 2.37. The molecule has 0 saturated carbocycles. The molecule has 1 unspecified atom stereocenters. The summed E-state index contributed by atoms with van der Waals surface area (Å²) in [6, 6.07) is 11.8. The Morgan fingerprint density at radius 1 is 1.26 bits per heavy atom. The maximum Gasteiger partial charge on any atom is 0.125 e. The van der Waals surface area contributed by atoms with Crippen LogP contribution >= 0.6 is 15.9 Å². The number of aliphatic hydroxyl groups is 1. The van der Waals surface area contributed by atoms with Crippen molar-refractivity contribution in [3.63, 3.8) is 0 Å². The van der Waals surface area contributed by atoms with Gasteiger partial charge in [-0.15, -0.1) is 0 Å². The highest BCUT2D eigenvalue weighted by molar-refractivity contribution is 9.10. The molecule has 2 nitrogen and oxygen atoms in total. The Bertz CT molecular complexity index is 574. The minimum Gasteiger partial charge on any atom is -0.394 e. The molecule has 2 aromatic carbocycles. The van der Waals surface area contributed by atoms with Crippen LogP contribution < -0.4 is 5.32 Å². The number of aliphatic hydroxyl groups excluding tert-OH is 1. The van der Waals surface area contributed by atoms with E-state index >= 15 is 0 Å². The minimum atomic E-state index is -0.301. The van der Waals surface area contributed by atoms with Crippen molar-refractivity contribution in [1.29, 1.82) is 0 Å². The number of halogens is 2. The number of nitrogens with one attached hydrogen (secondary N) is 1. The maximum atomic E-state index is 13.1. The summed E-state index contributed by atoms with van der Waals surface area (Å²) in [4.78, 5) is 0. The summed E-state index contributed by atoms with van der Waals surface area (Å²) in [5, 5.41) is 12.7. The first-order valence-corrected chi connectivity index (χ1v) is 6.78. The summed E-state index contributed by atoms with van der Waals surface area (Å²) in [6.45, 7) is 1.93. The summed E-state index contributed by atoms with van der Waals surface area (Å²) >= 11 is 3.49. The molecule has 19 heavy (non-hydrogen) atoms. The topological polar surface area (TPSA) is 32.3 Å². The van der Waals surface area contributed by atoms with Crippen LogP contribution in [0.25, 0.3) is 0 Å². The Hall–Kier alpha value is -1.39. The Kier molecular flexibility index (Phi) is 4.56. The van der Waals surface area contributed by atoms with E-state index in [4.69, 9.17) is 0 Å². The van der Waals surface area contributed by atoms with E-state index in [9.17, 15) is 9.50 Å². The molecule has 0 bridgehead atoms. The highest BCUT2D eigenvalue weighted by Gasteiger charge is 2.13. The monoisotopic (exact) mass is 323 g/mol. The van der Waals surface area contributed by atoms with Crippen LogP contribution in [0.2, 0.25) is 0 Å². The van der Waals surface area contributed by atoms with Crippen LogP contribution in [-0.4, -0.2) is 11.7 Å². The molecule has 0 heterocycles. The molecule has 0 fully saturated rings. The van der Waals surface area contributed by atoms with E-state index in [1.165, 1.54) is 12.1 Å². The maximum absolute atomic E-state index is 13.1. The van der Waals surface area contributed by atoms with Gasteiger partial charge in [0.1, 0.15) is 5.82 Å². The molecule has 4 heteroatoms. The van der Waals surface area contributed by atoms with Crippen molar-refractivity contribution in [3.8, 4) is 0 Å². The molecular formula is C15H15BrFNO. The Morgan fingerprint density at radius 2 is 2.05 bits per heavy atom. The van der Waals surface area contributed by atoms with E-state index in [1.807, 2.05) is 25.1 Å². The number of hydrogen-bond donors (Lipinski definition) is 2. The molecule has 2 N–H and O–H groups in total. The predicted molar refractivity (Wildman–Crippen MR) is 78.7 cm³/mol. The number of hydrogen-bond acceptors (Lipinski definition) is 2. The second kappa shape index (κ2) is 6.17. The zero-order valence-corrected chi connectivity index (χ0v) is 12.1. The highest BCUT2D eigenvalue weighted by Crippen LogP contribution is 2.27. The smallest absolute Gasteiger partial charge is 0.125 e. The molecule has 100 valence electrons. The average molecular weight is 324 g/mol. The lowest BCUT2D eigenvalue weighted by Gasteiger charge is -2.19. The van der Waals surface area contributed by atoms with Gasteiger partial charge in [0.25, 0.3) is 0 Å². The van der Waals surface area contributed by atoms with Gasteiger partial charge in [-0.2, -0.15) is 0 Å². The molecular weight excluding hydrogens is 309 g/mol. The van der Waals surface area contributed by atoms with Crippen LogP contribution in [0.5, 0.6) is 0 Å². The van der Waals surface area contributed by atoms with E-state index in [2.05, 4.69) is 21.2 Å². The van der Waals surface area contributed by atoms with E-state index in [-0.39, 0.29) is 18.5 Å². The second-order valence-electron chi connectivity index (χ2n) is 4.41. The fraction of sp³-hybridized carbons (Fsp3) is 0.200. The van der Waals surface area contributed by atoms with Crippen molar-refractivity contribution in [2.24, 2.45) is 0 Å². The van der Waals surface area contributed by atoms with Gasteiger partial charge in [-0.1, -0.05) is 34.1 Å². The number of anilines is 1. The van der Waals surface area contributed by atoms with Gasteiger partial charge in [0.05, 0.1) is 12.6 Å². The first-order valence-electron chi connectivity index (χ1n) is 5.99. The van der Waals surface area contributed by atoms with Crippen LogP contribution in [0, 0.1) is 12.7 Å². The molecule has 0 amide bonds. The zero-order chi connectivity index (χ0) is 13.8. The lowest BCUT2D eigenvalue weighted by atomic mass is 10.1. The van der Waals surface area contributed by atoms with Gasteiger partial charge < -0.3 is 10.4 Å². The lowest BCUT2D eigenvalue weighted by Crippen LogP contribution is -2.15. The Balaban J connectivity index is 2.25. The van der Waals surface area contributed by atoms with Gasteiger partial charge in [-0.3, -0.25) is 0 Å². The normalized spacial score (nSPS) is 12.2. The molecule has 0 aliphatic carbocycles. The first-order chi connectivity index (χ1) is 9.10. The van der Waals surface area contributed by atoms with Crippen LogP contribution in [0.3, 0.4) is 0 Å². The van der Waals surface area contributed by atoms with Gasteiger partial charge >= 0.3 is 0 Å². The summed E-state index contributed by atoms with van der Waals surface area (Å²) in [6.07, 6.45) is 0. The van der Waals surface area contributed by atoms with E-state index in [1.54, 1.807) is 12.1 Å². The van der Waals surface area contributed by atoms with E-state index in [0.29, 0.717) is 5.69 Å². The first kappa shape index (κ1) is 14.0. The Labute approximate surface area is 120 Å². The van der Waals surface area contributed by atoms with Gasteiger partial charge in [0, 0.05) is 10.2 Å². The van der Waals surface area contributed by atoms with Crippen LogP contribution in [0.4, 0.5) is 10.1 Å². The highest BCUT2D eigenvalue weighted by atomic mass is 79.9. The zero-order valence-electron chi connectivity index (χ0n) is 10.5. The van der Waals surface area contributed by atoms with Crippen LogP contribution in [-0.2, 0) is 0 Å². The Morgan fingerprint density at radius 3 is 2.68 bits per heavy atom. The van der Waals surface area contributed by atoms with Crippen molar-refractivity contribution in [1.82, 2.24) is 0 Å². The lowest BCUT2D eigenvalue weighted by molar-refractivity contribution is 0.276. The third-order valence-electron chi connectivity index (χ3n) is 2.88. The van der Waals surface area contributed by atoms with Crippen molar-refractivity contribution in [2.75, 3.05) is 11.9 Å². The van der Waals surface area contributed by atoms with Gasteiger partial charge in [-0.05, 0) is 42.3 Å². The molecule has 1 atom stereocenters. The van der Waals surface area contributed by atoms with Crippen molar-refractivity contribution in [3.05, 3.63) is 63.9 Å². The largest absolute Gasteiger partial charge is 0.394 e. The van der Waals surface area contributed by atoms with Crippen LogP contribution in [0.15, 0.2) is 46.9 Å². The van der Waals surface area contributed by atoms with E-state index < -0.39 is 0 Å². The summed E-state index contributed by atoms with van der Waals surface area (Å²) in [7, 11) is 0. The molecule has 0 aliphatic heterocycles. The molecule has 0 aromatic heterocycles.